The van der Waals surface area contributed by atoms with Crippen LogP contribution < -0.4 is 0 Å². The lowest BCUT2D eigenvalue weighted by molar-refractivity contribution is 0.0594. The first-order valence-corrected chi connectivity index (χ1v) is 13.2. The van der Waals surface area contributed by atoms with Crippen LogP contribution in [0.3, 0.4) is 0 Å². The van der Waals surface area contributed by atoms with E-state index in [1.54, 1.807) is 0 Å². The van der Waals surface area contributed by atoms with Crippen LogP contribution >= 0.6 is 42.3 Å². The zero-order chi connectivity index (χ0) is 18.3. The Hall–Kier alpha value is -0.380. The lowest BCUT2D eigenvalue weighted by Crippen LogP contribution is -2.28. The maximum absolute atomic E-state index is 12.1. The van der Waals surface area contributed by atoms with Crippen molar-refractivity contribution in [3.63, 3.8) is 0 Å². The van der Waals surface area contributed by atoms with Crippen molar-refractivity contribution in [2.24, 2.45) is 0 Å². The summed E-state index contributed by atoms with van der Waals surface area (Å²) in [5.41, 5.74) is 4.49. The Morgan fingerprint density at radius 3 is 2.54 bits per heavy atom. The molecule has 2 aromatic rings. The van der Waals surface area contributed by atoms with E-state index in [1.165, 1.54) is 66.1 Å². The van der Waals surface area contributed by atoms with Crippen LogP contribution in [0.15, 0.2) is 18.2 Å². The second-order valence-electron chi connectivity index (χ2n) is 7.16. The number of halogens is 1. The zero-order valence-corrected chi connectivity index (χ0v) is 18.8. The first kappa shape index (κ1) is 19.0. The van der Waals surface area contributed by atoms with Crippen molar-refractivity contribution < 1.29 is 9.53 Å². The third-order valence-electron chi connectivity index (χ3n) is 5.32. The summed E-state index contributed by atoms with van der Waals surface area (Å²) in [4.78, 5) is 12.1. The second-order valence-corrected chi connectivity index (χ2v) is 10.2. The average Bonchev–Trinajstić information content (AvgIpc) is 3.39. The number of hydrogen-bond donors (Lipinski definition) is 0. The van der Waals surface area contributed by atoms with Crippen molar-refractivity contribution >= 4 is 59.1 Å². The molecule has 26 heavy (non-hydrogen) atoms. The van der Waals surface area contributed by atoms with Crippen molar-refractivity contribution in [3.8, 4) is 0 Å². The van der Waals surface area contributed by atoms with Crippen LogP contribution in [0.25, 0.3) is 10.9 Å². The number of nitrogens with zero attached hydrogens (tertiary/aromatic N) is 2. The number of methoxy groups -OCH3 is 1. The minimum absolute atomic E-state index is 0.282. The summed E-state index contributed by atoms with van der Waals surface area (Å²) < 4.78 is 9.51. The Kier molecular flexibility index (Phi) is 5.78. The van der Waals surface area contributed by atoms with Gasteiger partial charge in [-0.05, 0) is 67.9 Å². The minimum Gasteiger partial charge on any atom is -0.464 e. The van der Waals surface area contributed by atoms with E-state index >= 15 is 0 Å². The standard InChI is InChI=1S/C19H23IN2O2S2/c1-12-9-14-10-18(19(23)24-2)22(26-20)17(14)11-16(12)13-5-7-21(8-6-13)25-15-3-4-15/h9-11,13,15H,3-8H2,1-2H3. The van der Waals surface area contributed by atoms with Crippen LogP contribution in [-0.2, 0) is 4.74 Å². The number of aromatic nitrogens is 1. The van der Waals surface area contributed by atoms with Crippen molar-refractivity contribution in [1.29, 1.82) is 0 Å². The van der Waals surface area contributed by atoms with Crippen LogP contribution in [0.4, 0.5) is 0 Å². The van der Waals surface area contributed by atoms with Gasteiger partial charge in [0.2, 0.25) is 0 Å². The van der Waals surface area contributed by atoms with Crippen LogP contribution in [0.5, 0.6) is 0 Å². The summed E-state index contributed by atoms with van der Waals surface area (Å²) in [6.45, 7) is 4.56. The van der Waals surface area contributed by atoms with Crippen molar-refractivity contribution in [3.05, 3.63) is 35.0 Å². The number of carbonyl (C=O) groups is 1. The molecule has 2 fully saturated rings. The number of benzene rings is 1. The van der Waals surface area contributed by atoms with Crippen LogP contribution in [0, 0.1) is 6.92 Å². The molecule has 4 nitrogen and oxygen atoms in total. The van der Waals surface area contributed by atoms with Crippen LogP contribution in [0.1, 0.15) is 53.2 Å². The topological polar surface area (TPSA) is 34.5 Å². The van der Waals surface area contributed by atoms with Gasteiger partial charge in [-0.1, -0.05) is 11.9 Å². The maximum Gasteiger partial charge on any atom is 0.355 e. The minimum atomic E-state index is -0.282. The van der Waals surface area contributed by atoms with Gasteiger partial charge in [-0.15, -0.1) is 0 Å². The molecule has 7 heteroatoms. The summed E-state index contributed by atoms with van der Waals surface area (Å²) in [7, 11) is 2.96. The van der Waals surface area contributed by atoms with E-state index in [2.05, 4.69) is 56.5 Å². The van der Waals surface area contributed by atoms with Gasteiger partial charge in [0.15, 0.2) is 0 Å². The van der Waals surface area contributed by atoms with Gasteiger partial charge in [-0.3, -0.25) is 8.28 Å². The molecule has 0 spiro atoms. The largest absolute Gasteiger partial charge is 0.464 e. The number of aryl methyl sites for hydroxylation is 1. The third kappa shape index (κ3) is 3.77. The van der Waals surface area contributed by atoms with E-state index in [-0.39, 0.29) is 5.97 Å². The second kappa shape index (κ2) is 7.93. The van der Waals surface area contributed by atoms with E-state index in [0.29, 0.717) is 11.6 Å². The fraction of sp³-hybridized carbons (Fsp3) is 0.526. The molecule has 4 rings (SSSR count). The molecule has 1 saturated carbocycles. The van der Waals surface area contributed by atoms with E-state index in [9.17, 15) is 4.79 Å². The lowest BCUT2D eigenvalue weighted by Gasteiger charge is -2.32. The van der Waals surface area contributed by atoms with E-state index < -0.39 is 0 Å². The number of carbonyl (C=O) groups excluding carboxylic acids is 1. The van der Waals surface area contributed by atoms with Crippen molar-refractivity contribution in [2.45, 2.75) is 43.8 Å². The first-order chi connectivity index (χ1) is 12.6. The SMILES string of the molecule is COC(=O)c1cc2cc(C)c(C3CCN(SC4CC4)CC3)cc2n1SI. The third-order valence-corrected chi connectivity index (χ3v) is 8.47. The molecule has 140 valence electrons. The monoisotopic (exact) mass is 502 g/mol. The molecular formula is C19H23IN2O2S2. The predicted octanol–water partition coefficient (Wildman–Crippen LogP) is 5.57. The van der Waals surface area contributed by atoms with E-state index in [1.807, 2.05) is 10.0 Å². The number of esters is 1. The number of ether oxygens (including phenoxy) is 1. The molecule has 0 unspecified atom stereocenters. The van der Waals surface area contributed by atoms with Gasteiger partial charge >= 0.3 is 5.97 Å². The van der Waals surface area contributed by atoms with Gasteiger partial charge in [0.05, 0.1) is 12.6 Å². The fourth-order valence-corrected chi connectivity index (χ4v) is 6.68. The van der Waals surface area contributed by atoms with E-state index in [4.69, 9.17) is 4.74 Å². The molecule has 0 radical (unpaired) electrons. The van der Waals surface area contributed by atoms with Gasteiger partial charge in [0.25, 0.3) is 0 Å². The summed E-state index contributed by atoms with van der Waals surface area (Å²) in [6, 6.07) is 6.47. The highest BCUT2D eigenvalue weighted by molar-refractivity contribution is 14.2. The highest BCUT2D eigenvalue weighted by Crippen LogP contribution is 2.41. The summed E-state index contributed by atoms with van der Waals surface area (Å²) >= 11 is 4.31. The normalized spacial score (nSPS) is 19.2. The molecule has 1 aliphatic heterocycles. The molecule has 1 saturated heterocycles. The van der Waals surface area contributed by atoms with Crippen LogP contribution in [0.2, 0.25) is 0 Å². The molecule has 1 aromatic heterocycles. The van der Waals surface area contributed by atoms with Crippen molar-refractivity contribution in [2.75, 3.05) is 20.2 Å². The number of hydrogen-bond acceptors (Lipinski definition) is 5. The highest BCUT2D eigenvalue weighted by Gasteiger charge is 2.29. The molecule has 2 heterocycles. The fourth-order valence-electron chi connectivity index (χ4n) is 3.78. The molecule has 0 bridgehead atoms. The van der Waals surface area contributed by atoms with E-state index in [0.717, 1.165) is 16.2 Å². The predicted molar refractivity (Wildman–Crippen MR) is 119 cm³/mol. The van der Waals surface area contributed by atoms with Crippen molar-refractivity contribution in [1.82, 2.24) is 8.28 Å². The van der Waals surface area contributed by atoms with Gasteiger partial charge in [0, 0.05) is 54.1 Å². The Balaban J connectivity index is 1.61. The van der Waals surface area contributed by atoms with Gasteiger partial charge in [-0.25, -0.2) is 4.79 Å². The number of piperidine rings is 1. The van der Waals surface area contributed by atoms with Crippen LogP contribution in [-0.4, -0.2) is 39.7 Å². The summed E-state index contributed by atoms with van der Waals surface area (Å²) in [5.74, 6) is 0.328. The molecule has 0 N–H and O–H groups in total. The van der Waals surface area contributed by atoms with Gasteiger partial charge in [-0.2, -0.15) is 0 Å². The summed E-state index contributed by atoms with van der Waals surface area (Å²) in [6.07, 6.45) is 5.23. The first-order valence-electron chi connectivity index (χ1n) is 9.06. The quantitative estimate of drug-likeness (QED) is 0.303. The Bertz CT molecular complexity index is 827. The Labute approximate surface area is 175 Å². The lowest BCUT2D eigenvalue weighted by atomic mass is 9.87. The maximum atomic E-state index is 12.1. The molecule has 0 amide bonds. The van der Waals surface area contributed by atoms with Gasteiger partial charge < -0.3 is 4.74 Å². The Morgan fingerprint density at radius 1 is 1.19 bits per heavy atom. The molecule has 1 aromatic carbocycles. The number of rotatable bonds is 5. The average molecular weight is 502 g/mol. The number of fused-ring (bicyclic) bond motifs is 1. The molecule has 0 atom stereocenters. The highest BCUT2D eigenvalue weighted by atomic mass is 127. The smallest absolute Gasteiger partial charge is 0.355 e. The molecule has 1 aliphatic carbocycles. The molecular weight excluding hydrogens is 479 g/mol. The molecule has 2 aliphatic rings. The summed E-state index contributed by atoms with van der Waals surface area (Å²) in [5, 5.41) is 2.00. The Morgan fingerprint density at radius 2 is 1.92 bits per heavy atom. The zero-order valence-electron chi connectivity index (χ0n) is 15.0. The van der Waals surface area contributed by atoms with Gasteiger partial charge in [0.1, 0.15) is 5.69 Å².